The highest BCUT2D eigenvalue weighted by atomic mass is 16.1. The molecule has 0 saturated carbocycles. The van der Waals surface area contributed by atoms with E-state index >= 15 is 0 Å². The summed E-state index contributed by atoms with van der Waals surface area (Å²) >= 11 is 0. The predicted octanol–water partition coefficient (Wildman–Crippen LogP) is 1.19. The first-order chi connectivity index (χ1) is 7.58. The van der Waals surface area contributed by atoms with Crippen LogP contribution in [0.4, 0.5) is 0 Å². The molecule has 0 bridgehead atoms. The lowest BCUT2D eigenvalue weighted by Crippen LogP contribution is -2.39. The molecule has 90 valence electrons. The minimum Gasteiger partial charge on any atom is -0.315 e. The van der Waals surface area contributed by atoms with E-state index in [-0.39, 0.29) is 5.69 Å². The molecule has 2 atom stereocenters. The molecule has 0 saturated heterocycles. The monoisotopic (exact) mass is 223 g/mol. The van der Waals surface area contributed by atoms with Crippen molar-refractivity contribution in [3.05, 3.63) is 28.4 Å². The van der Waals surface area contributed by atoms with Crippen molar-refractivity contribution in [1.29, 1.82) is 0 Å². The van der Waals surface area contributed by atoms with Gasteiger partial charge in [-0.2, -0.15) is 0 Å². The van der Waals surface area contributed by atoms with Gasteiger partial charge in [0.25, 0.3) is 0 Å². The van der Waals surface area contributed by atoms with E-state index in [2.05, 4.69) is 24.1 Å². The van der Waals surface area contributed by atoms with Gasteiger partial charge in [-0.15, -0.1) is 0 Å². The molecule has 0 fully saturated rings. The van der Waals surface area contributed by atoms with E-state index in [1.165, 1.54) is 0 Å². The molecule has 0 aliphatic rings. The maximum atomic E-state index is 11.6. The number of hydrogen-bond acceptors (Lipinski definition) is 3. The first-order valence-corrected chi connectivity index (χ1v) is 5.78. The van der Waals surface area contributed by atoms with E-state index in [1.54, 1.807) is 10.8 Å². The fraction of sp³-hybridized carbons (Fsp3) is 0.667. The normalized spacial score (nSPS) is 14.8. The van der Waals surface area contributed by atoms with Crippen molar-refractivity contribution >= 4 is 0 Å². The smallest absolute Gasteiger partial charge is 0.315 e. The minimum absolute atomic E-state index is 0.172. The molecule has 1 aromatic rings. The predicted molar refractivity (Wildman–Crippen MR) is 65.5 cm³/mol. The summed E-state index contributed by atoms with van der Waals surface area (Å²) in [6, 6.07) is 0.311. The Morgan fingerprint density at radius 1 is 1.56 bits per heavy atom. The van der Waals surface area contributed by atoms with E-state index in [0.717, 1.165) is 12.0 Å². The molecular weight excluding hydrogens is 202 g/mol. The highest BCUT2D eigenvalue weighted by Crippen LogP contribution is 2.08. The van der Waals surface area contributed by atoms with E-state index < -0.39 is 0 Å². The van der Waals surface area contributed by atoms with Gasteiger partial charge in [0.05, 0.1) is 0 Å². The topological polar surface area (TPSA) is 46.9 Å². The van der Waals surface area contributed by atoms with Crippen molar-refractivity contribution in [2.45, 2.75) is 39.8 Å². The lowest BCUT2D eigenvalue weighted by Gasteiger charge is -2.23. The van der Waals surface area contributed by atoms with Crippen LogP contribution in [0.3, 0.4) is 0 Å². The lowest BCUT2D eigenvalue weighted by molar-refractivity contribution is 0.342. The first-order valence-electron chi connectivity index (χ1n) is 5.78. The Morgan fingerprint density at radius 2 is 2.25 bits per heavy atom. The molecule has 1 rings (SSSR count). The Morgan fingerprint density at radius 3 is 2.81 bits per heavy atom. The van der Waals surface area contributed by atoms with Crippen molar-refractivity contribution in [1.82, 2.24) is 14.9 Å². The van der Waals surface area contributed by atoms with Gasteiger partial charge in [-0.3, -0.25) is 4.57 Å². The van der Waals surface area contributed by atoms with Gasteiger partial charge in [-0.05, 0) is 25.5 Å². The molecule has 0 amide bonds. The van der Waals surface area contributed by atoms with Crippen LogP contribution in [-0.2, 0) is 6.54 Å². The zero-order valence-electron chi connectivity index (χ0n) is 10.5. The summed E-state index contributed by atoms with van der Waals surface area (Å²) in [6.45, 7) is 6.97. The van der Waals surface area contributed by atoms with Crippen LogP contribution in [0.25, 0.3) is 0 Å². The van der Waals surface area contributed by atoms with Gasteiger partial charge in [0.2, 0.25) is 0 Å². The van der Waals surface area contributed by atoms with Crippen LogP contribution in [0, 0.1) is 12.8 Å². The number of nitrogens with zero attached hydrogens (tertiary/aromatic N) is 2. The largest absolute Gasteiger partial charge is 0.347 e. The fourth-order valence-corrected chi connectivity index (χ4v) is 1.75. The highest BCUT2D eigenvalue weighted by Gasteiger charge is 2.14. The van der Waals surface area contributed by atoms with Crippen LogP contribution in [0.1, 0.15) is 25.8 Å². The fourth-order valence-electron chi connectivity index (χ4n) is 1.75. The molecular formula is C12H21N3O. The summed E-state index contributed by atoms with van der Waals surface area (Å²) in [7, 11) is 1.94. The van der Waals surface area contributed by atoms with Crippen LogP contribution >= 0.6 is 0 Å². The third-order valence-corrected chi connectivity index (χ3v) is 3.08. The molecule has 0 aromatic carbocycles. The third-order valence-electron chi connectivity index (χ3n) is 3.08. The Bertz CT molecular complexity index is 386. The minimum atomic E-state index is -0.172. The van der Waals surface area contributed by atoms with Crippen LogP contribution < -0.4 is 11.0 Å². The Balaban J connectivity index is 2.85. The third kappa shape index (κ3) is 3.17. The van der Waals surface area contributed by atoms with Crippen LogP contribution in [0.2, 0.25) is 0 Å². The quantitative estimate of drug-likeness (QED) is 0.815. The summed E-state index contributed by atoms with van der Waals surface area (Å²) in [5.41, 5.74) is 0.841. The average molecular weight is 223 g/mol. The summed E-state index contributed by atoms with van der Waals surface area (Å²) in [6.07, 6.45) is 4.57. The molecule has 4 heteroatoms. The molecule has 0 spiro atoms. The van der Waals surface area contributed by atoms with E-state index in [9.17, 15) is 4.79 Å². The molecule has 0 aliphatic carbocycles. The van der Waals surface area contributed by atoms with Crippen molar-refractivity contribution in [3.63, 3.8) is 0 Å². The van der Waals surface area contributed by atoms with Crippen molar-refractivity contribution in [2.24, 2.45) is 5.92 Å². The highest BCUT2D eigenvalue weighted by molar-refractivity contribution is 5.00. The number of likely N-dealkylation sites (N-methyl/N-ethyl adjacent to an activating group) is 1. The van der Waals surface area contributed by atoms with Crippen LogP contribution in [0.5, 0.6) is 0 Å². The summed E-state index contributed by atoms with van der Waals surface area (Å²) in [5, 5.41) is 3.26. The number of nitrogens with one attached hydrogen (secondary N) is 1. The van der Waals surface area contributed by atoms with Crippen molar-refractivity contribution in [3.8, 4) is 0 Å². The second-order valence-electron chi connectivity index (χ2n) is 4.35. The Hall–Kier alpha value is -1.16. The van der Waals surface area contributed by atoms with Gasteiger partial charge in [-0.25, -0.2) is 9.78 Å². The molecule has 2 unspecified atom stereocenters. The van der Waals surface area contributed by atoms with Gasteiger partial charge in [0, 0.05) is 25.0 Å². The summed E-state index contributed by atoms with van der Waals surface area (Å²) in [4.78, 5) is 15.4. The second-order valence-corrected chi connectivity index (χ2v) is 4.35. The van der Waals surface area contributed by atoms with E-state index in [4.69, 9.17) is 0 Å². The van der Waals surface area contributed by atoms with Gasteiger partial charge >= 0.3 is 5.69 Å². The van der Waals surface area contributed by atoms with Gasteiger partial charge in [-0.1, -0.05) is 20.3 Å². The molecule has 1 N–H and O–H groups in total. The molecule has 0 aliphatic heterocycles. The Labute approximate surface area is 96.7 Å². The SMILES string of the molecule is CCC(C)C(Cn1cc(C)cnc1=O)NC. The molecule has 1 heterocycles. The second kappa shape index (κ2) is 5.80. The van der Waals surface area contributed by atoms with E-state index in [1.807, 2.05) is 20.2 Å². The average Bonchev–Trinajstić information content (AvgIpc) is 2.29. The van der Waals surface area contributed by atoms with Crippen LogP contribution in [-0.4, -0.2) is 22.6 Å². The number of rotatable bonds is 5. The lowest BCUT2D eigenvalue weighted by atomic mass is 9.99. The van der Waals surface area contributed by atoms with E-state index in [0.29, 0.717) is 18.5 Å². The van der Waals surface area contributed by atoms with Crippen molar-refractivity contribution in [2.75, 3.05) is 7.05 Å². The Kier molecular flexibility index (Phi) is 4.68. The standard InChI is InChI=1S/C12H21N3O/c1-5-10(3)11(13-4)8-15-7-9(2)6-14-12(15)16/h6-7,10-11,13H,5,8H2,1-4H3. The summed E-state index contributed by atoms with van der Waals surface area (Å²) < 4.78 is 1.68. The molecule has 1 aromatic heterocycles. The van der Waals surface area contributed by atoms with Gasteiger partial charge in [0.1, 0.15) is 0 Å². The number of aromatic nitrogens is 2. The van der Waals surface area contributed by atoms with Gasteiger partial charge in [0.15, 0.2) is 0 Å². The number of aryl methyl sites for hydroxylation is 1. The molecule has 0 radical (unpaired) electrons. The maximum absolute atomic E-state index is 11.6. The number of hydrogen-bond donors (Lipinski definition) is 1. The molecule has 16 heavy (non-hydrogen) atoms. The maximum Gasteiger partial charge on any atom is 0.347 e. The van der Waals surface area contributed by atoms with Crippen molar-refractivity contribution < 1.29 is 0 Å². The zero-order valence-corrected chi connectivity index (χ0v) is 10.5. The van der Waals surface area contributed by atoms with Gasteiger partial charge < -0.3 is 5.32 Å². The zero-order chi connectivity index (χ0) is 12.1. The molecule has 4 nitrogen and oxygen atoms in total. The summed E-state index contributed by atoms with van der Waals surface area (Å²) in [5.74, 6) is 0.539. The first kappa shape index (κ1) is 12.9. The van der Waals surface area contributed by atoms with Crippen LogP contribution in [0.15, 0.2) is 17.2 Å².